The number of nitrogens with zero attached hydrogens (tertiary/aromatic N) is 2. The number of benzene rings is 1. The maximum absolute atomic E-state index is 6.16. The number of ether oxygens (including phenoxy) is 1. The molecule has 0 aliphatic carbocycles. The van der Waals surface area contributed by atoms with E-state index in [1.54, 1.807) is 14.2 Å². The minimum Gasteiger partial charge on any atom is -0.377 e. The summed E-state index contributed by atoms with van der Waals surface area (Å²) in [5.74, 6) is 1.41. The number of hydrogen-bond acceptors (Lipinski definition) is 3. The van der Waals surface area contributed by atoms with E-state index in [1.165, 1.54) is 17.7 Å². The summed E-state index contributed by atoms with van der Waals surface area (Å²) in [6.07, 6.45) is 1.17. The van der Waals surface area contributed by atoms with Crippen LogP contribution >= 0.6 is 11.6 Å². The normalized spacial score (nSPS) is 18.6. The number of hydrogen-bond donors (Lipinski definition) is 2. The van der Waals surface area contributed by atoms with Crippen molar-refractivity contribution in [3.63, 3.8) is 0 Å². The number of rotatable bonds is 6. The van der Waals surface area contributed by atoms with Gasteiger partial charge in [-0.05, 0) is 50.8 Å². The molecule has 0 radical (unpaired) electrons. The Morgan fingerprint density at radius 3 is 2.84 bits per heavy atom. The van der Waals surface area contributed by atoms with Gasteiger partial charge in [0, 0.05) is 51.0 Å². The van der Waals surface area contributed by atoms with Crippen LogP contribution in [0.4, 0.5) is 5.69 Å². The molecule has 1 atom stereocenters. The number of guanidine groups is 1. The van der Waals surface area contributed by atoms with Crippen LogP contribution in [0, 0.1) is 12.8 Å². The zero-order valence-electron chi connectivity index (χ0n) is 16.0. The average Bonchev–Trinajstić information content (AvgIpc) is 3.06. The number of halogens is 1. The van der Waals surface area contributed by atoms with Crippen molar-refractivity contribution in [2.75, 3.05) is 45.2 Å². The summed E-state index contributed by atoms with van der Waals surface area (Å²) in [5, 5.41) is 7.56. The van der Waals surface area contributed by atoms with Crippen molar-refractivity contribution in [2.45, 2.75) is 32.8 Å². The highest BCUT2D eigenvalue weighted by Gasteiger charge is 2.24. The van der Waals surface area contributed by atoms with Gasteiger partial charge < -0.3 is 20.3 Å². The molecule has 6 heteroatoms. The van der Waals surface area contributed by atoms with Gasteiger partial charge in [-0.1, -0.05) is 17.7 Å². The molecule has 140 valence electrons. The van der Waals surface area contributed by atoms with Gasteiger partial charge >= 0.3 is 0 Å². The third-order valence-corrected chi connectivity index (χ3v) is 5.05. The average molecular weight is 367 g/mol. The Morgan fingerprint density at radius 1 is 1.40 bits per heavy atom. The maximum Gasteiger partial charge on any atom is 0.191 e. The lowest BCUT2D eigenvalue weighted by Gasteiger charge is -2.25. The molecule has 1 saturated heterocycles. The third kappa shape index (κ3) is 5.79. The lowest BCUT2D eigenvalue weighted by atomic mass is 10.1. The highest BCUT2D eigenvalue weighted by Crippen LogP contribution is 2.29. The molecule has 0 spiro atoms. The fourth-order valence-corrected chi connectivity index (χ4v) is 3.14. The number of nitrogens with one attached hydrogen (secondary N) is 2. The van der Waals surface area contributed by atoms with Crippen molar-refractivity contribution in [3.8, 4) is 0 Å². The van der Waals surface area contributed by atoms with E-state index in [0.29, 0.717) is 12.5 Å². The molecular weight excluding hydrogens is 336 g/mol. The fraction of sp³-hybridized carbons (Fsp3) is 0.632. The molecule has 1 aromatic rings. The predicted molar refractivity (Wildman–Crippen MR) is 107 cm³/mol. The van der Waals surface area contributed by atoms with Crippen molar-refractivity contribution < 1.29 is 4.74 Å². The first-order valence-electron chi connectivity index (χ1n) is 8.85. The number of aryl methyl sites for hydroxylation is 1. The van der Waals surface area contributed by atoms with Crippen molar-refractivity contribution in [1.29, 1.82) is 0 Å². The summed E-state index contributed by atoms with van der Waals surface area (Å²) in [7, 11) is 3.52. The van der Waals surface area contributed by atoms with Crippen LogP contribution in [0.5, 0.6) is 0 Å². The summed E-state index contributed by atoms with van der Waals surface area (Å²) >= 11 is 6.16. The Bertz CT molecular complexity index is 603. The molecule has 1 fully saturated rings. The van der Waals surface area contributed by atoms with Gasteiger partial charge in [0.1, 0.15) is 0 Å². The van der Waals surface area contributed by atoms with Gasteiger partial charge in [0.15, 0.2) is 5.96 Å². The summed E-state index contributed by atoms with van der Waals surface area (Å²) in [4.78, 5) is 6.73. The minimum absolute atomic E-state index is 0.216. The van der Waals surface area contributed by atoms with Gasteiger partial charge in [-0.25, -0.2) is 0 Å². The highest BCUT2D eigenvalue weighted by molar-refractivity contribution is 6.30. The first-order chi connectivity index (χ1) is 11.8. The van der Waals surface area contributed by atoms with E-state index >= 15 is 0 Å². The van der Waals surface area contributed by atoms with E-state index in [4.69, 9.17) is 16.3 Å². The maximum atomic E-state index is 6.16. The van der Waals surface area contributed by atoms with Crippen LogP contribution in [0.2, 0.25) is 5.02 Å². The lowest BCUT2D eigenvalue weighted by Crippen LogP contribution is -2.46. The van der Waals surface area contributed by atoms with E-state index in [9.17, 15) is 0 Å². The standard InChI is InChI=1S/C19H31ClN4O/c1-14-6-7-16(20)10-17(14)24-9-8-15(12-24)11-22-18(21-4)23-13-19(2,3)25-5/h6-7,10,15H,8-9,11-13H2,1-5H3,(H2,21,22,23). The first-order valence-corrected chi connectivity index (χ1v) is 9.23. The minimum atomic E-state index is -0.216. The van der Waals surface area contributed by atoms with Crippen LogP contribution in [-0.4, -0.2) is 51.9 Å². The van der Waals surface area contributed by atoms with Crippen LogP contribution in [0.25, 0.3) is 0 Å². The monoisotopic (exact) mass is 366 g/mol. The van der Waals surface area contributed by atoms with E-state index in [2.05, 4.69) is 53.4 Å². The lowest BCUT2D eigenvalue weighted by molar-refractivity contribution is 0.0268. The summed E-state index contributed by atoms with van der Waals surface area (Å²) in [5.41, 5.74) is 2.31. The van der Waals surface area contributed by atoms with Gasteiger partial charge in [-0.2, -0.15) is 0 Å². The van der Waals surface area contributed by atoms with Crippen molar-refractivity contribution >= 4 is 23.2 Å². The Morgan fingerprint density at radius 2 is 2.16 bits per heavy atom. The van der Waals surface area contributed by atoms with Crippen LogP contribution in [-0.2, 0) is 4.74 Å². The molecule has 1 heterocycles. The Labute approximate surface area is 156 Å². The number of anilines is 1. The molecule has 1 unspecified atom stereocenters. The Hall–Kier alpha value is -1.46. The van der Waals surface area contributed by atoms with Crippen LogP contribution in [0.1, 0.15) is 25.8 Å². The molecule has 2 rings (SSSR count). The second kappa shape index (κ2) is 8.77. The summed E-state index contributed by atoms with van der Waals surface area (Å²) in [6.45, 7) is 9.96. The SMILES string of the molecule is CN=C(NCC1CCN(c2cc(Cl)ccc2C)C1)NCC(C)(C)OC. The van der Waals surface area contributed by atoms with Gasteiger partial charge in [0.25, 0.3) is 0 Å². The predicted octanol–water partition coefficient (Wildman–Crippen LogP) is 3.06. The van der Waals surface area contributed by atoms with E-state index in [-0.39, 0.29) is 5.60 Å². The van der Waals surface area contributed by atoms with E-state index in [0.717, 1.165) is 30.6 Å². The molecule has 0 aromatic heterocycles. The van der Waals surface area contributed by atoms with Gasteiger partial charge in [-0.15, -0.1) is 0 Å². The quantitative estimate of drug-likeness (QED) is 0.600. The Balaban J connectivity index is 1.83. The molecule has 1 aliphatic rings. The molecule has 2 N–H and O–H groups in total. The van der Waals surface area contributed by atoms with Crippen molar-refractivity contribution in [1.82, 2.24) is 10.6 Å². The van der Waals surface area contributed by atoms with Crippen LogP contribution < -0.4 is 15.5 Å². The first kappa shape index (κ1) is 19.9. The molecule has 0 bridgehead atoms. The van der Waals surface area contributed by atoms with Crippen LogP contribution in [0.3, 0.4) is 0 Å². The fourth-order valence-electron chi connectivity index (χ4n) is 2.97. The highest BCUT2D eigenvalue weighted by atomic mass is 35.5. The molecule has 5 nitrogen and oxygen atoms in total. The summed E-state index contributed by atoms with van der Waals surface area (Å²) in [6, 6.07) is 6.11. The zero-order chi connectivity index (χ0) is 18.4. The second-order valence-electron chi connectivity index (χ2n) is 7.30. The molecule has 1 aromatic carbocycles. The largest absolute Gasteiger partial charge is 0.377 e. The molecule has 1 aliphatic heterocycles. The van der Waals surface area contributed by atoms with Crippen molar-refractivity contribution in [2.24, 2.45) is 10.9 Å². The van der Waals surface area contributed by atoms with Crippen molar-refractivity contribution in [3.05, 3.63) is 28.8 Å². The van der Waals surface area contributed by atoms with Crippen LogP contribution in [0.15, 0.2) is 23.2 Å². The summed E-state index contributed by atoms with van der Waals surface area (Å²) < 4.78 is 5.43. The Kier molecular flexibility index (Phi) is 6.96. The molecule has 0 saturated carbocycles. The topological polar surface area (TPSA) is 48.9 Å². The van der Waals surface area contributed by atoms with E-state index in [1.807, 2.05) is 6.07 Å². The number of aliphatic imine (C=N–C) groups is 1. The van der Waals surface area contributed by atoms with Gasteiger partial charge in [-0.3, -0.25) is 4.99 Å². The number of methoxy groups -OCH3 is 1. The third-order valence-electron chi connectivity index (χ3n) is 4.81. The molecular formula is C19H31ClN4O. The molecule has 25 heavy (non-hydrogen) atoms. The smallest absolute Gasteiger partial charge is 0.191 e. The van der Waals surface area contributed by atoms with E-state index < -0.39 is 0 Å². The van der Waals surface area contributed by atoms with Gasteiger partial charge in [0.05, 0.1) is 5.60 Å². The van der Waals surface area contributed by atoms with Gasteiger partial charge in [0.2, 0.25) is 0 Å². The second-order valence-corrected chi connectivity index (χ2v) is 7.74. The zero-order valence-corrected chi connectivity index (χ0v) is 16.8. The molecule has 0 amide bonds.